The lowest BCUT2D eigenvalue weighted by Crippen LogP contribution is -2.79. The van der Waals surface area contributed by atoms with Gasteiger partial charge < -0.3 is 0 Å². The Balaban J connectivity index is 3.09. The molecule has 0 aliphatic rings. The summed E-state index contributed by atoms with van der Waals surface area (Å²) in [6.45, 7) is 4.09. The van der Waals surface area contributed by atoms with E-state index in [2.05, 4.69) is 4.40 Å². The zero-order valence-electron chi connectivity index (χ0n) is 9.77. The van der Waals surface area contributed by atoms with E-state index in [-0.39, 0.29) is 16.6 Å². The molecule has 1 aromatic carbocycles. The Hall–Kier alpha value is -1.07. The first-order valence-corrected chi connectivity index (χ1v) is 7.18. The van der Waals surface area contributed by atoms with Crippen LogP contribution in [0.2, 0.25) is 0 Å². The average molecular weight is 276 g/mol. The Morgan fingerprint density at radius 3 is 2.29 bits per heavy atom. The minimum atomic E-state index is -3.61. The van der Waals surface area contributed by atoms with Crippen LogP contribution in [0.1, 0.15) is 25.3 Å². The summed E-state index contributed by atoms with van der Waals surface area (Å²) in [5, 5.41) is 0. The maximum Gasteiger partial charge on any atom is 0.328 e. The number of rotatable bonds is 4. The lowest BCUT2D eigenvalue weighted by molar-refractivity contribution is -0.269. The van der Waals surface area contributed by atoms with E-state index in [1.54, 1.807) is 24.3 Å². The maximum absolute atomic E-state index is 11.8. The lowest BCUT2D eigenvalue weighted by Gasteiger charge is -2.05. The molecule has 0 saturated heterocycles. The van der Waals surface area contributed by atoms with Crippen LogP contribution in [0.25, 0.3) is 0 Å². The van der Waals surface area contributed by atoms with Crippen molar-refractivity contribution < 1.29 is 12.8 Å². The third-order valence-electron chi connectivity index (χ3n) is 2.27. The number of hydrogen-bond acceptors (Lipinski definition) is 2. The molecular formula is C11H16ClN2O2S+. The van der Waals surface area contributed by atoms with Crippen LogP contribution in [0.4, 0.5) is 0 Å². The molecule has 0 aromatic heterocycles. The van der Waals surface area contributed by atoms with Crippen molar-refractivity contribution in [3.63, 3.8) is 0 Å². The molecule has 4 nitrogen and oxygen atoms in total. The van der Waals surface area contributed by atoms with Gasteiger partial charge >= 0.3 is 10.0 Å². The van der Waals surface area contributed by atoms with Gasteiger partial charge in [-0.3, -0.25) is 5.73 Å². The SMILES string of the molecule is CC(C)c1ccc(S(=O)(=O)[NH+]=C(N)CCl)cc1. The smallest absolute Gasteiger partial charge is 0.289 e. The van der Waals surface area contributed by atoms with Gasteiger partial charge in [0.05, 0.1) is 0 Å². The number of amidine groups is 1. The van der Waals surface area contributed by atoms with Crippen molar-refractivity contribution in [2.24, 2.45) is 5.73 Å². The zero-order chi connectivity index (χ0) is 13.1. The van der Waals surface area contributed by atoms with Gasteiger partial charge in [0.2, 0.25) is 0 Å². The minimum absolute atomic E-state index is 0.0135. The minimum Gasteiger partial charge on any atom is -0.289 e. The fraction of sp³-hybridized carbons (Fsp3) is 0.364. The van der Waals surface area contributed by atoms with E-state index in [9.17, 15) is 8.42 Å². The normalized spacial score (nSPS) is 13.1. The highest BCUT2D eigenvalue weighted by atomic mass is 35.5. The van der Waals surface area contributed by atoms with Gasteiger partial charge in [-0.15, -0.1) is 11.6 Å². The molecule has 0 radical (unpaired) electrons. The molecule has 1 rings (SSSR count). The molecule has 0 atom stereocenters. The van der Waals surface area contributed by atoms with Gasteiger partial charge in [0, 0.05) is 0 Å². The first-order chi connectivity index (χ1) is 7.86. The van der Waals surface area contributed by atoms with Gasteiger partial charge in [-0.05, 0) is 23.6 Å². The second-order valence-electron chi connectivity index (χ2n) is 3.99. The third-order valence-corrected chi connectivity index (χ3v) is 3.98. The number of benzene rings is 1. The number of alkyl halides is 1. The Kier molecular flexibility index (Phi) is 4.54. The van der Waals surface area contributed by atoms with E-state index in [0.717, 1.165) is 5.56 Å². The van der Waals surface area contributed by atoms with Crippen molar-refractivity contribution in [3.8, 4) is 0 Å². The number of hydrogen-bond donors (Lipinski definition) is 2. The van der Waals surface area contributed by atoms with Crippen LogP contribution in [0.5, 0.6) is 0 Å². The van der Waals surface area contributed by atoms with Crippen molar-refractivity contribution >= 4 is 27.5 Å². The molecular weight excluding hydrogens is 260 g/mol. The molecule has 0 aliphatic heterocycles. The number of nitrogens with one attached hydrogen (secondary N) is 1. The second-order valence-corrected chi connectivity index (χ2v) is 5.94. The number of halogens is 1. The summed E-state index contributed by atoms with van der Waals surface area (Å²) in [4.78, 5) is 0.176. The van der Waals surface area contributed by atoms with E-state index < -0.39 is 10.0 Å². The van der Waals surface area contributed by atoms with E-state index in [1.807, 2.05) is 13.8 Å². The average Bonchev–Trinajstić information content (AvgIpc) is 2.28. The van der Waals surface area contributed by atoms with Crippen LogP contribution < -0.4 is 10.1 Å². The molecule has 6 heteroatoms. The topological polar surface area (TPSA) is 74.1 Å². The Morgan fingerprint density at radius 2 is 1.88 bits per heavy atom. The number of nitrogens with two attached hydrogens (primary N) is 1. The van der Waals surface area contributed by atoms with Gasteiger partial charge in [-0.25, -0.2) is 0 Å². The molecule has 0 heterocycles. The summed E-state index contributed by atoms with van der Waals surface area (Å²) < 4.78 is 25.8. The molecule has 0 unspecified atom stereocenters. The van der Waals surface area contributed by atoms with Gasteiger partial charge in [-0.1, -0.05) is 26.0 Å². The van der Waals surface area contributed by atoms with Crippen molar-refractivity contribution in [1.29, 1.82) is 0 Å². The molecule has 0 spiro atoms. The zero-order valence-corrected chi connectivity index (χ0v) is 11.3. The van der Waals surface area contributed by atoms with Crippen LogP contribution in [0.3, 0.4) is 0 Å². The predicted octanol–water partition coefficient (Wildman–Crippen LogP) is 0.175. The van der Waals surface area contributed by atoms with E-state index in [4.69, 9.17) is 17.3 Å². The Labute approximate surface area is 107 Å². The fourth-order valence-corrected chi connectivity index (χ4v) is 2.47. The monoisotopic (exact) mass is 275 g/mol. The van der Waals surface area contributed by atoms with Crippen LogP contribution in [0.15, 0.2) is 29.2 Å². The van der Waals surface area contributed by atoms with Crippen LogP contribution in [-0.4, -0.2) is 20.1 Å². The lowest BCUT2D eigenvalue weighted by atomic mass is 10.0. The highest BCUT2D eigenvalue weighted by Gasteiger charge is 2.16. The molecule has 0 fully saturated rings. The highest BCUT2D eigenvalue weighted by Crippen LogP contribution is 2.15. The van der Waals surface area contributed by atoms with E-state index in [1.165, 1.54) is 0 Å². The second kappa shape index (κ2) is 5.51. The summed E-state index contributed by atoms with van der Waals surface area (Å²) in [5.74, 6) is 0.322. The number of sulfonamides is 1. The van der Waals surface area contributed by atoms with Crippen molar-refractivity contribution in [2.45, 2.75) is 24.7 Å². The van der Waals surface area contributed by atoms with Crippen molar-refractivity contribution in [1.82, 2.24) is 0 Å². The summed E-state index contributed by atoms with van der Waals surface area (Å²) in [6, 6.07) is 6.69. The van der Waals surface area contributed by atoms with E-state index in [0.29, 0.717) is 5.92 Å². The fourth-order valence-electron chi connectivity index (χ4n) is 1.29. The molecule has 0 saturated carbocycles. The van der Waals surface area contributed by atoms with Crippen LogP contribution in [0, 0.1) is 0 Å². The van der Waals surface area contributed by atoms with E-state index >= 15 is 0 Å². The summed E-state index contributed by atoms with van der Waals surface area (Å²) in [7, 11) is -3.61. The predicted molar refractivity (Wildman–Crippen MR) is 68.6 cm³/mol. The maximum atomic E-state index is 11.8. The first-order valence-electron chi connectivity index (χ1n) is 5.17. The molecule has 0 bridgehead atoms. The largest absolute Gasteiger partial charge is 0.328 e. The standard InChI is InChI=1S/C11H15ClN2O2S/c1-8(2)9-3-5-10(6-4-9)17(15,16)14-11(13)7-12/h3-6,8H,7H2,1-2H3,(H2,13,14)/p+1. The van der Waals surface area contributed by atoms with Crippen molar-refractivity contribution in [2.75, 3.05) is 5.88 Å². The molecule has 17 heavy (non-hydrogen) atoms. The first kappa shape index (κ1) is 14.0. The quantitative estimate of drug-likeness (QED) is 0.468. The summed E-state index contributed by atoms with van der Waals surface area (Å²) in [6.07, 6.45) is 0. The molecule has 3 N–H and O–H groups in total. The Bertz CT molecular complexity index is 507. The Morgan fingerprint density at radius 1 is 1.35 bits per heavy atom. The van der Waals surface area contributed by atoms with Crippen LogP contribution in [-0.2, 0) is 10.0 Å². The highest BCUT2D eigenvalue weighted by molar-refractivity contribution is 7.84. The summed E-state index contributed by atoms with van der Waals surface area (Å²) >= 11 is 5.42. The van der Waals surface area contributed by atoms with Crippen LogP contribution >= 0.6 is 11.6 Å². The van der Waals surface area contributed by atoms with Crippen molar-refractivity contribution in [3.05, 3.63) is 29.8 Å². The van der Waals surface area contributed by atoms with Gasteiger partial charge in [0.15, 0.2) is 0 Å². The molecule has 0 aliphatic carbocycles. The summed E-state index contributed by atoms with van der Waals surface area (Å²) in [5.41, 5.74) is 6.45. The van der Waals surface area contributed by atoms with Gasteiger partial charge in [-0.2, -0.15) is 12.8 Å². The molecule has 0 amide bonds. The van der Waals surface area contributed by atoms with Gasteiger partial charge in [0.25, 0.3) is 5.84 Å². The third kappa shape index (κ3) is 3.71. The van der Waals surface area contributed by atoms with Gasteiger partial charge in [0.1, 0.15) is 10.8 Å². The molecule has 94 valence electrons. The molecule has 1 aromatic rings.